The molecule has 2 heterocycles. The molecule has 6 heteroatoms. The molecule has 3 rings (SSSR count). The maximum Gasteiger partial charge on any atom is 0.347 e. The Morgan fingerprint density at radius 2 is 1.93 bits per heavy atom. The van der Waals surface area contributed by atoms with Crippen LogP contribution in [0.15, 0.2) is 65.0 Å². The van der Waals surface area contributed by atoms with Crippen LogP contribution in [0.3, 0.4) is 0 Å². The second-order valence-electron chi connectivity index (χ2n) is 6.52. The third kappa shape index (κ3) is 4.71. The monoisotopic (exact) mass is 381 g/mol. The molecular weight excluding hydrogens is 358 g/mol. The molecule has 1 aromatic carbocycles. The molecule has 0 bridgehead atoms. The van der Waals surface area contributed by atoms with Crippen molar-refractivity contribution in [1.82, 2.24) is 14.9 Å². The fourth-order valence-corrected chi connectivity index (χ4v) is 3.70. The zero-order chi connectivity index (χ0) is 19.2. The van der Waals surface area contributed by atoms with Crippen molar-refractivity contribution in [3.63, 3.8) is 0 Å². The molecule has 3 aromatic rings. The van der Waals surface area contributed by atoms with Gasteiger partial charge in [0.15, 0.2) is 0 Å². The van der Waals surface area contributed by atoms with Crippen molar-refractivity contribution in [2.45, 2.75) is 38.8 Å². The van der Waals surface area contributed by atoms with E-state index < -0.39 is 5.69 Å². The van der Waals surface area contributed by atoms with E-state index in [9.17, 15) is 9.59 Å². The van der Waals surface area contributed by atoms with E-state index in [1.54, 1.807) is 23.6 Å². The van der Waals surface area contributed by atoms with Gasteiger partial charge in [-0.2, -0.15) is 0 Å². The summed E-state index contributed by atoms with van der Waals surface area (Å²) in [5.41, 5.74) is 1.88. The average Bonchev–Trinajstić information content (AvgIpc) is 3.22. The molecule has 0 aliphatic carbocycles. The van der Waals surface area contributed by atoms with E-state index in [2.05, 4.69) is 48.4 Å². The number of nitrogens with zero attached hydrogens (tertiary/aromatic N) is 2. The van der Waals surface area contributed by atoms with Gasteiger partial charge in [-0.3, -0.25) is 9.36 Å². The van der Waals surface area contributed by atoms with Gasteiger partial charge in [-0.25, -0.2) is 9.78 Å². The molecule has 2 atom stereocenters. The number of carbonyl (C=O) groups excluding carboxylic acids is 1. The summed E-state index contributed by atoms with van der Waals surface area (Å²) in [5.74, 6) is 0.279. The molecule has 2 aromatic heterocycles. The van der Waals surface area contributed by atoms with Gasteiger partial charge < -0.3 is 5.32 Å². The Labute approximate surface area is 162 Å². The number of nitrogens with one attached hydrogen (secondary N) is 1. The van der Waals surface area contributed by atoms with E-state index in [1.807, 2.05) is 17.5 Å². The predicted octanol–water partition coefficient (Wildman–Crippen LogP) is 3.72. The van der Waals surface area contributed by atoms with Crippen molar-refractivity contribution in [2.24, 2.45) is 0 Å². The summed E-state index contributed by atoms with van der Waals surface area (Å²) in [6.45, 7) is 4.33. The van der Waals surface area contributed by atoms with Gasteiger partial charge in [0.2, 0.25) is 5.91 Å². The summed E-state index contributed by atoms with van der Waals surface area (Å²) in [5, 5.41) is 5.05. The van der Waals surface area contributed by atoms with E-state index in [-0.39, 0.29) is 18.5 Å². The van der Waals surface area contributed by atoms with Gasteiger partial charge in [0.25, 0.3) is 0 Å². The molecule has 0 saturated heterocycles. The number of aromatic nitrogens is 2. The van der Waals surface area contributed by atoms with Gasteiger partial charge in [0, 0.05) is 17.3 Å². The number of benzene rings is 1. The molecular formula is C21H23N3O2S. The molecule has 0 aliphatic rings. The summed E-state index contributed by atoms with van der Waals surface area (Å²) in [7, 11) is 0. The third-order valence-electron chi connectivity index (χ3n) is 4.68. The fraction of sp³-hybridized carbons (Fsp3) is 0.286. The zero-order valence-electron chi connectivity index (χ0n) is 15.5. The minimum absolute atomic E-state index is 0.0561. The zero-order valence-corrected chi connectivity index (χ0v) is 16.3. The van der Waals surface area contributed by atoms with Crippen LogP contribution in [-0.4, -0.2) is 15.5 Å². The third-order valence-corrected chi connectivity index (χ3v) is 5.62. The molecule has 5 nitrogen and oxygen atoms in total. The first kappa shape index (κ1) is 19.0. The molecule has 0 saturated carbocycles. The Kier molecular flexibility index (Phi) is 6.19. The van der Waals surface area contributed by atoms with Crippen molar-refractivity contribution in [3.8, 4) is 0 Å². The van der Waals surface area contributed by atoms with Gasteiger partial charge in [-0.05, 0) is 41.0 Å². The lowest BCUT2D eigenvalue weighted by molar-refractivity contribution is -0.122. The fourth-order valence-electron chi connectivity index (χ4n) is 2.90. The number of thiophene rings is 1. The molecule has 0 radical (unpaired) electrons. The van der Waals surface area contributed by atoms with Gasteiger partial charge in [-0.1, -0.05) is 44.2 Å². The highest BCUT2D eigenvalue weighted by Crippen LogP contribution is 2.28. The first-order valence-corrected chi connectivity index (χ1v) is 9.90. The Hall–Kier alpha value is -2.73. The molecule has 140 valence electrons. The standard InChI is InChI=1S/C21H23N3O2S/c1-3-15(2)16-7-9-17(10-8-16)20(18-6-4-13-27-18)23-19(25)14-24-12-5-11-22-21(24)26/h4-13,15,20H,3,14H2,1-2H3,(H,23,25). The van der Waals surface area contributed by atoms with Gasteiger partial charge >= 0.3 is 5.69 Å². The van der Waals surface area contributed by atoms with Crippen LogP contribution in [0.1, 0.15) is 48.2 Å². The lowest BCUT2D eigenvalue weighted by Gasteiger charge is -2.19. The minimum Gasteiger partial charge on any atom is -0.343 e. The van der Waals surface area contributed by atoms with Crippen molar-refractivity contribution in [2.75, 3.05) is 0 Å². The summed E-state index contributed by atoms with van der Waals surface area (Å²) in [6.07, 6.45) is 4.07. The smallest absolute Gasteiger partial charge is 0.343 e. The average molecular weight is 382 g/mol. The Balaban J connectivity index is 1.81. The van der Waals surface area contributed by atoms with Crippen LogP contribution in [0.4, 0.5) is 0 Å². The molecule has 1 amide bonds. The van der Waals surface area contributed by atoms with Gasteiger partial charge in [-0.15, -0.1) is 11.3 Å². The highest BCUT2D eigenvalue weighted by atomic mass is 32.1. The lowest BCUT2D eigenvalue weighted by Crippen LogP contribution is -2.35. The molecule has 1 N–H and O–H groups in total. The van der Waals surface area contributed by atoms with Gasteiger partial charge in [0.1, 0.15) is 6.54 Å². The Morgan fingerprint density at radius 3 is 2.56 bits per heavy atom. The highest BCUT2D eigenvalue weighted by molar-refractivity contribution is 7.10. The first-order chi connectivity index (χ1) is 13.1. The number of carbonyl (C=O) groups is 1. The number of hydrogen-bond donors (Lipinski definition) is 1. The molecule has 27 heavy (non-hydrogen) atoms. The quantitative estimate of drug-likeness (QED) is 0.678. The van der Waals surface area contributed by atoms with Crippen LogP contribution in [0, 0.1) is 0 Å². The summed E-state index contributed by atoms with van der Waals surface area (Å²) in [6, 6.07) is 13.8. The summed E-state index contributed by atoms with van der Waals surface area (Å²) >= 11 is 1.60. The first-order valence-electron chi connectivity index (χ1n) is 9.02. The van der Waals surface area contributed by atoms with Crippen LogP contribution < -0.4 is 11.0 Å². The van der Waals surface area contributed by atoms with Crippen molar-refractivity contribution < 1.29 is 4.79 Å². The van der Waals surface area contributed by atoms with Crippen LogP contribution in [0.5, 0.6) is 0 Å². The van der Waals surface area contributed by atoms with E-state index in [1.165, 1.54) is 16.3 Å². The van der Waals surface area contributed by atoms with E-state index in [4.69, 9.17) is 0 Å². The van der Waals surface area contributed by atoms with E-state index in [0.29, 0.717) is 5.92 Å². The highest BCUT2D eigenvalue weighted by Gasteiger charge is 2.18. The van der Waals surface area contributed by atoms with E-state index in [0.717, 1.165) is 16.9 Å². The number of amides is 1. The molecule has 0 spiro atoms. The summed E-state index contributed by atoms with van der Waals surface area (Å²) < 4.78 is 1.30. The lowest BCUT2D eigenvalue weighted by atomic mass is 9.95. The van der Waals surface area contributed by atoms with Crippen LogP contribution >= 0.6 is 11.3 Å². The largest absolute Gasteiger partial charge is 0.347 e. The topological polar surface area (TPSA) is 64.0 Å². The Bertz CT molecular complexity index is 933. The molecule has 0 aliphatic heterocycles. The normalized spacial score (nSPS) is 13.1. The van der Waals surface area contributed by atoms with E-state index >= 15 is 0 Å². The van der Waals surface area contributed by atoms with Crippen LogP contribution in [0.25, 0.3) is 0 Å². The Morgan fingerprint density at radius 1 is 1.19 bits per heavy atom. The number of hydrogen-bond acceptors (Lipinski definition) is 4. The van der Waals surface area contributed by atoms with Crippen LogP contribution in [0.2, 0.25) is 0 Å². The molecule has 2 unspecified atom stereocenters. The molecule has 0 fully saturated rings. The van der Waals surface area contributed by atoms with Crippen molar-refractivity contribution in [3.05, 3.63) is 86.7 Å². The minimum atomic E-state index is -0.432. The van der Waals surface area contributed by atoms with Gasteiger partial charge in [0.05, 0.1) is 6.04 Å². The second kappa shape index (κ2) is 8.77. The van der Waals surface area contributed by atoms with Crippen molar-refractivity contribution in [1.29, 1.82) is 0 Å². The second-order valence-corrected chi connectivity index (χ2v) is 7.50. The SMILES string of the molecule is CCC(C)c1ccc(C(NC(=O)Cn2cccnc2=O)c2cccs2)cc1. The summed E-state index contributed by atoms with van der Waals surface area (Å²) in [4.78, 5) is 29.1. The maximum absolute atomic E-state index is 12.6. The maximum atomic E-state index is 12.6. The van der Waals surface area contributed by atoms with Crippen LogP contribution in [-0.2, 0) is 11.3 Å². The predicted molar refractivity (Wildman–Crippen MR) is 108 cm³/mol. The van der Waals surface area contributed by atoms with Crippen molar-refractivity contribution >= 4 is 17.2 Å². The number of rotatable bonds is 7.